The van der Waals surface area contributed by atoms with Crippen molar-refractivity contribution in [2.45, 2.75) is 58.9 Å². The zero-order chi connectivity index (χ0) is 13.7. The van der Waals surface area contributed by atoms with Gasteiger partial charge >= 0.3 is 0 Å². The summed E-state index contributed by atoms with van der Waals surface area (Å²) in [5.74, 6) is 1.72. The lowest BCUT2D eigenvalue weighted by Crippen LogP contribution is -2.28. The fraction of sp³-hybridized carbons (Fsp3) is 0.667. The molecular formula is C18H29N. The predicted octanol–water partition coefficient (Wildman–Crippen LogP) is 4.73. The van der Waals surface area contributed by atoms with Crippen molar-refractivity contribution in [2.75, 3.05) is 6.54 Å². The molecule has 0 amide bonds. The minimum absolute atomic E-state index is 0.545. The van der Waals surface area contributed by atoms with Crippen molar-refractivity contribution in [1.29, 1.82) is 0 Å². The minimum Gasteiger partial charge on any atom is -0.310 e. The average molecular weight is 259 g/mol. The first kappa shape index (κ1) is 14.6. The molecule has 19 heavy (non-hydrogen) atoms. The molecule has 0 radical (unpaired) electrons. The molecule has 1 aromatic carbocycles. The number of nitrogens with one attached hydrogen (secondary N) is 1. The van der Waals surface area contributed by atoms with Gasteiger partial charge in [0.1, 0.15) is 0 Å². The largest absolute Gasteiger partial charge is 0.310 e. The fourth-order valence-electron chi connectivity index (χ4n) is 2.98. The molecule has 1 aliphatic carbocycles. The van der Waals surface area contributed by atoms with Crippen molar-refractivity contribution in [2.24, 2.45) is 11.8 Å². The van der Waals surface area contributed by atoms with E-state index in [1.165, 1.54) is 43.2 Å². The Hall–Kier alpha value is -0.820. The molecule has 1 heteroatoms. The van der Waals surface area contributed by atoms with Crippen molar-refractivity contribution in [3.05, 3.63) is 35.4 Å². The lowest BCUT2D eigenvalue weighted by Gasteiger charge is -2.26. The number of hydrogen-bond acceptors (Lipinski definition) is 1. The van der Waals surface area contributed by atoms with Crippen LogP contribution in [0.15, 0.2) is 24.3 Å². The second kappa shape index (κ2) is 7.09. The molecule has 0 spiro atoms. The van der Waals surface area contributed by atoms with Crippen LogP contribution in [0.5, 0.6) is 0 Å². The molecule has 0 aliphatic heterocycles. The minimum atomic E-state index is 0.545. The third kappa shape index (κ3) is 4.07. The highest BCUT2D eigenvalue weighted by Gasteiger charge is 2.33. The Morgan fingerprint density at radius 1 is 1.11 bits per heavy atom. The van der Waals surface area contributed by atoms with Gasteiger partial charge in [-0.05, 0) is 55.2 Å². The maximum Gasteiger partial charge on any atom is 0.0348 e. The summed E-state index contributed by atoms with van der Waals surface area (Å²) in [6.07, 6.45) is 6.50. The van der Waals surface area contributed by atoms with Gasteiger partial charge in [0.25, 0.3) is 0 Å². The summed E-state index contributed by atoms with van der Waals surface area (Å²) >= 11 is 0. The number of benzene rings is 1. The smallest absolute Gasteiger partial charge is 0.0348 e. The Balaban J connectivity index is 2.07. The number of hydrogen-bond donors (Lipinski definition) is 1. The third-order valence-corrected chi connectivity index (χ3v) is 4.38. The average Bonchev–Trinajstić information content (AvgIpc) is 3.25. The monoisotopic (exact) mass is 259 g/mol. The molecule has 0 saturated heterocycles. The van der Waals surface area contributed by atoms with E-state index in [0.29, 0.717) is 6.04 Å². The maximum absolute atomic E-state index is 3.76. The van der Waals surface area contributed by atoms with Crippen LogP contribution in [-0.2, 0) is 6.42 Å². The molecule has 2 atom stereocenters. The Morgan fingerprint density at radius 2 is 1.79 bits per heavy atom. The van der Waals surface area contributed by atoms with Gasteiger partial charge in [0.2, 0.25) is 0 Å². The summed E-state index contributed by atoms with van der Waals surface area (Å²) in [7, 11) is 0. The Kier molecular flexibility index (Phi) is 5.45. The van der Waals surface area contributed by atoms with Crippen molar-refractivity contribution in [3.8, 4) is 0 Å². The van der Waals surface area contributed by atoms with Gasteiger partial charge in [-0.15, -0.1) is 0 Å². The van der Waals surface area contributed by atoms with Gasteiger partial charge in [0.05, 0.1) is 0 Å². The summed E-state index contributed by atoms with van der Waals surface area (Å²) in [5, 5.41) is 3.76. The second-order valence-electron chi connectivity index (χ2n) is 6.12. The van der Waals surface area contributed by atoms with E-state index in [0.717, 1.165) is 18.4 Å². The van der Waals surface area contributed by atoms with Gasteiger partial charge in [-0.3, -0.25) is 0 Å². The van der Waals surface area contributed by atoms with Crippen LogP contribution in [0.1, 0.15) is 63.6 Å². The molecule has 1 saturated carbocycles. The highest BCUT2D eigenvalue weighted by atomic mass is 14.9. The molecule has 2 unspecified atom stereocenters. The van der Waals surface area contributed by atoms with Crippen LogP contribution in [0.4, 0.5) is 0 Å². The molecule has 0 aromatic heterocycles. The van der Waals surface area contributed by atoms with Crippen molar-refractivity contribution < 1.29 is 0 Å². The van der Waals surface area contributed by atoms with Crippen LogP contribution in [-0.4, -0.2) is 6.54 Å². The summed E-state index contributed by atoms with van der Waals surface area (Å²) < 4.78 is 0. The van der Waals surface area contributed by atoms with Gasteiger partial charge in [0, 0.05) is 6.04 Å². The van der Waals surface area contributed by atoms with E-state index in [4.69, 9.17) is 0 Å². The molecule has 1 aliphatic rings. The number of aryl methyl sites for hydroxylation is 1. The summed E-state index contributed by atoms with van der Waals surface area (Å²) in [6.45, 7) is 8.04. The van der Waals surface area contributed by atoms with Crippen LogP contribution in [0, 0.1) is 11.8 Å². The van der Waals surface area contributed by atoms with Gasteiger partial charge in [0.15, 0.2) is 0 Å². The van der Waals surface area contributed by atoms with E-state index >= 15 is 0 Å². The van der Waals surface area contributed by atoms with Crippen LogP contribution in [0.3, 0.4) is 0 Å². The highest BCUT2D eigenvalue weighted by Crippen LogP contribution is 2.42. The molecular weight excluding hydrogens is 230 g/mol. The molecule has 0 heterocycles. The van der Waals surface area contributed by atoms with Gasteiger partial charge < -0.3 is 5.32 Å². The Labute approximate surface area is 118 Å². The molecule has 1 aromatic rings. The zero-order valence-corrected chi connectivity index (χ0v) is 12.8. The van der Waals surface area contributed by atoms with E-state index in [-0.39, 0.29) is 0 Å². The number of rotatable bonds is 8. The Morgan fingerprint density at radius 3 is 2.32 bits per heavy atom. The molecule has 1 N–H and O–H groups in total. The van der Waals surface area contributed by atoms with Crippen molar-refractivity contribution in [3.63, 3.8) is 0 Å². The quantitative estimate of drug-likeness (QED) is 0.712. The van der Waals surface area contributed by atoms with E-state index in [1.807, 2.05) is 0 Å². The second-order valence-corrected chi connectivity index (χ2v) is 6.12. The standard InChI is InChI=1S/C18H29N/c1-4-6-15-7-9-17(10-8-15)18(19-13-5-2)14(3)16-11-12-16/h7-10,14,16,18-19H,4-6,11-13H2,1-3H3. The Bertz CT molecular complexity index is 364. The van der Waals surface area contributed by atoms with E-state index in [1.54, 1.807) is 0 Å². The topological polar surface area (TPSA) is 12.0 Å². The lowest BCUT2D eigenvalue weighted by molar-refractivity contribution is 0.350. The van der Waals surface area contributed by atoms with Crippen LogP contribution < -0.4 is 5.32 Å². The normalized spacial score (nSPS) is 18.3. The van der Waals surface area contributed by atoms with Gasteiger partial charge in [-0.1, -0.05) is 51.5 Å². The maximum atomic E-state index is 3.76. The van der Waals surface area contributed by atoms with Crippen molar-refractivity contribution >= 4 is 0 Å². The zero-order valence-electron chi connectivity index (χ0n) is 12.8. The van der Waals surface area contributed by atoms with E-state index in [2.05, 4.69) is 50.4 Å². The molecule has 1 nitrogen and oxygen atoms in total. The van der Waals surface area contributed by atoms with E-state index < -0.39 is 0 Å². The summed E-state index contributed by atoms with van der Waals surface area (Å²) in [4.78, 5) is 0. The SMILES string of the molecule is CCCNC(c1ccc(CCC)cc1)C(C)C1CC1. The first-order valence-electron chi connectivity index (χ1n) is 8.08. The predicted molar refractivity (Wildman–Crippen MR) is 83.4 cm³/mol. The van der Waals surface area contributed by atoms with Crippen LogP contribution in [0.2, 0.25) is 0 Å². The molecule has 106 valence electrons. The van der Waals surface area contributed by atoms with Gasteiger partial charge in [-0.25, -0.2) is 0 Å². The lowest BCUT2D eigenvalue weighted by atomic mass is 9.90. The van der Waals surface area contributed by atoms with Crippen LogP contribution in [0.25, 0.3) is 0 Å². The molecule has 1 fully saturated rings. The third-order valence-electron chi connectivity index (χ3n) is 4.38. The van der Waals surface area contributed by atoms with Gasteiger partial charge in [-0.2, -0.15) is 0 Å². The van der Waals surface area contributed by atoms with Crippen molar-refractivity contribution in [1.82, 2.24) is 5.32 Å². The highest BCUT2D eigenvalue weighted by molar-refractivity contribution is 5.26. The molecule has 2 rings (SSSR count). The fourth-order valence-corrected chi connectivity index (χ4v) is 2.98. The molecule has 0 bridgehead atoms. The van der Waals surface area contributed by atoms with E-state index in [9.17, 15) is 0 Å². The summed E-state index contributed by atoms with van der Waals surface area (Å²) in [5.41, 5.74) is 2.95. The van der Waals surface area contributed by atoms with Crippen LogP contribution >= 0.6 is 0 Å². The first-order valence-corrected chi connectivity index (χ1v) is 8.08. The first-order chi connectivity index (χ1) is 9.26. The summed E-state index contributed by atoms with van der Waals surface area (Å²) in [6, 6.07) is 9.87.